The highest BCUT2D eigenvalue weighted by Crippen LogP contribution is 2.37. The molecular formula is C16H25N3O. The second-order valence-corrected chi connectivity index (χ2v) is 6.74. The fraction of sp³-hybridized carbons (Fsp3) is 0.688. The zero-order valence-electron chi connectivity index (χ0n) is 12.4. The molecule has 1 aromatic heterocycles. The van der Waals surface area contributed by atoms with Gasteiger partial charge in [-0.25, -0.2) is 0 Å². The highest BCUT2D eigenvalue weighted by molar-refractivity contribution is 5.94. The number of hydrogen-bond acceptors (Lipinski definition) is 2. The van der Waals surface area contributed by atoms with Crippen molar-refractivity contribution in [1.29, 1.82) is 0 Å². The van der Waals surface area contributed by atoms with Crippen molar-refractivity contribution in [2.75, 3.05) is 5.73 Å². The Balaban J connectivity index is 1.67. The van der Waals surface area contributed by atoms with Crippen LogP contribution in [0.1, 0.15) is 62.5 Å². The van der Waals surface area contributed by atoms with E-state index in [2.05, 4.69) is 23.7 Å². The Labute approximate surface area is 120 Å². The van der Waals surface area contributed by atoms with E-state index in [1.165, 1.54) is 6.42 Å². The first-order valence-corrected chi connectivity index (χ1v) is 7.83. The van der Waals surface area contributed by atoms with E-state index in [0.717, 1.165) is 37.3 Å². The zero-order chi connectivity index (χ0) is 14.3. The Morgan fingerprint density at radius 3 is 2.65 bits per heavy atom. The highest BCUT2D eigenvalue weighted by atomic mass is 16.2. The summed E-state index contributed by atoms with van der Waals surface area (Å²) in [4.78, 5) is 12.5. The van der Waals surface area contributed by atoms with Gasteiger partial charge in [0.15, 0.2) is 0 Å². The molecule has 1 amide bonds. The quantitative estimate of drug-likeness (QED) is 0.891. The topological polar surface area (TPSA) is 60.1 Å². The number of carbonyl (C=O) groups excluding carboxylic acids is 1. The molecule has 0 spiro atoms. The van der Waals surface area contributed by atoms with E-state index in [-0.39, 0.29) is 5.91 Å². The molecule has 3 rings (SSSR count). The Morgan fingerprint density at radius 1 is 1.25 bits per heavy atom. The predicted molar refractivity (Wildman–Crippen MR) is 80.5 cm³/mol. The maximum Gasteiger partial charge on any atom is 0.268 e. The van der Waals surface area contributed by atoms with Crippen molar-refractivity contribution in [1.82, 2.24) is 9.88 Å². The Kier molecular flexibility index (Phi) is 3.48. The summed E-state index contributed by atoms with van der Waals surface area (Å²) in [6.45, 7) is 4.59. The summed E-state index contributed by atoms with van der Waals surface area (Å²) < 4.78 is 2.06. The highest BCUT2D eigenvalue weighted by Gasteiger charge is 2.30. The van der Waals surface area contributed by atoms with Gasteiger partial charge in [-0.1, -0.05) is 13.8 Å². The van der Waals surface area contributed by atoms with Crippen molar-refractivity contribution >= 4 is 11.6 Å². The van der Waals surface area contributed by atoms with E-state index >= 15 is 0 Å². The molecule has 3 N–H and O–H groups in total. The van der Waals surface area contributed by atoms with Crippen LogP contribution in [0.4, 0.5) is 5.69 Å². The molecule has 0 aromatic carbocycles. The zero-order valence-corrected chi connectivity index (χ0v) is 12.4. The molecule has 2 aliphatic carbocycles. The van der Waals surface area contributed by atoms with Gasteiger partial charge in [0.1, 0.15) is 5.69 Å². The van der Waals surface area contributed by atoms with Gasteiger partial charge in [0.2, 0.25) is 0 Å². The molecule has 0 radical (unpaired) electrons. The van der Waals surface area contributed by atoms with Crippen LogP contribution in [0.5, 0.6) is 0 Å². The lowest BCUT2D eigenvalue weighted by atomic mass is 9.79. The molecule has 4 nitrogen and oxygen atoms in total. The van der Waals surface area contributed by atoms with Gasteiger partial charge in [-0.15, -0.1) is 0 Å². The van der Waals surface area contributed by atoms with E-state index in [0.29, 0.717) is 23.7 Å². The van der Waals surface area contributed by atoms with Gasteiger partial charge < -0.3 is 15.6 Å². The van der Waals surface area contributed by atoms with Crippen LogP contribution >= 0.6 is 0 Å². The fourth-order valence-corrected chi connectivity index (χ4v) is 3.28. The van der Waals surface area contributed by atoms with Crippen LogP contribution in [0.15, 0.2) is 12.3 Å². The standard InChI is InChI=1S/C16H25N3O/c1-10-3-4-13(7-11(10)2)18-16(20)15-8-12(17)9-19(15)14-5-6-14/h8-11,13-14H,3-7,17H2,1-2H3,(H,18,20). The van der Waals surface area contributed by atoms with Crippen LogP contribution in [0.3, 0.4) is 0 Å². The molecule has 4 heteroatoms. The lowest BCUT2D eigenvalue weighted by Crippen LogP contribution is -2.40. The van der Waals surface area contributed by atoms with E-state index < -0.39 is 0 Å². The van der Waals surface area contributed by atoms with Gasteiger partial charge >= 0.3 is 0 Å². The van der Waals surface area contributed by atoms with Crippen molar-refractivity contribution in [3.63, 3.8) is 0 Å². The van der Waals surface area contributed by atoms with Crippen LogP contribution in [0.25, 0.3) is 0 Å². The normalized spacial score (nSPS) is 30.2. The van der Waals surface area contributed by atoms with Crippen molar-refractivity contribution < 1.29 is 4.79 Å². The number of rotatable bonds is 3. The first-order chi connectivity index (χ1) is 9.54. The van der Waals surface area contributed by atoms with E-state index in [1.54, 1.807) is 0 Å². The minimum atomic E-state index is 0.0420. The number of nitrogen functional groups attached to an aromatic ring is 1. The van der Waals surface area contributed by atoms with Crippen LogP contribution < -0.4 is 11.1 Å². The third kappa shape index (κ3) is 2.69. The first kappa shape index (κ1) is 13.5. The molecular weight excluding hydrogens is 250 g/mol. The number of amides is 1. The molecule has 0 aliphatic heterocycles. The average Bonchev–Trinajstić information content (AvgIpc) is 3.17. The van der Waals surface area contributed by atoms with Crippen LogP contribution in [-0.2, 0) is 0 Å². The summed E-state index contributed by atoms with van der Waals surface area (Å²) in [6, 6.07) is 2.61. The van der Waals surface area contributed by atoms with Crippen LogP contribution in [0.2, 0.25) is 0 Å². The molecule has 2 fully saturated rings. The molecule has 20 heavy (non-hydrogen) atoms. The maximum absolute atomic E-state index is 12.5. The molecule has 2 saturated carbocycles. The van der Waals surface area contributed by atoms with E-state index in [9.17, 15) is 4.79 Å². The monoisotopic (exact) mass is 275 g/mol. The molecule has 1 heterocycles. The molecule has 0 saturated heterocycles. The lowest BCUT2D eigenvalue weighted by Gasteiger charge is -2.32. The van der Waals surface area contributed by atoms with Gasteiger partial charge in [-0.2, -0.15) is 0 Å². The minimum Gasteiger partial charge on any atom is -0.397 e. The van der Waals surface area contributed by atoms with Crippen LogP contribution in [-0.4, -0.2) is 16.5 Å². The molecule has 3 atom stereocenters. The number of nitrogens with two attached hydrogens (primary N) is 1. The van der Waals surface area contributed by atoms with Gasteiger partial charge in [0, 0.05) is 18.3 Å². The number of hydrogen-bond donors (Lipinski definition) is 2. The molecule has 110 valence electrons. The Bertz CT molecular complexity index is 504. The smallest absolute Gasteiger partial charge is 0.268 e. The summed E-state index contributed by atoms with van der Waals surface area (Å²) in [5.41, 5.74) is 7.28. The number of nitrogens with one attached hydrogen (secondary N) is 1. The molecule has 1 aromatic rings. The third-order valence-corrected chi connectivity index (χ3v) is 4.98. The van der Waals surface area contributed by atoms with Crippen LogP contribution in [0, 0.1) is 11.8 Å². The van der Waals surface area contributed by atoms with Gasteiger partial charge in [0.05, 0.1) is 5.69 Å². The van der Waals surface area contributed by atoms with E-state index in [1.807, 2.05) is 12.3 Å². The minimum absolute atomic E-state index is 0.0420. The average molecular weight is 275 g/mol. The second kappa shape index (κ2) is 5.15. The summed E-state index contributed by atoms with van der Waals surface area (Å²) >= 11 is 0. The van der Waals surface area contributed by atoms with Crippen molar-refractivity contribution in [2.45, 2.75) is 58.0 Å². The van der Waals surface area contributed by atoms with Crippen molar-refractivity contribution in [3.05, 3.63) is 18.0 Å². The molecule has 0 bridgehead atoms. The number of nitrogens with zero attached hydrogens (tertiary/aromatic N) is 1. The largest absolute Gasteiger partial charge is 0.397 e. The van der Waals surface area contributed by atoms with Gasteiger partial charge in [-0.3, -0.25) is 4.79 Å². The maximum atomic E-state index is 12.5. The van der Waals surface area contributed by atoms with Gasteiger partial charge in [-0.05, 0) is 50.0 Å². The fourth-order valence-electron chi connectivity index (χ4n) is 3.28. The number of anilines is 1. The first-order valence-electron chi connectivity index (χ1n) is 7.83. The summed E-state index contributed by atoms with van der Waals surface area (Å²) in [7, 11) is 0. The number of aromatic nitrogens is 1. The predicted octanol–water partition coefficient (Wildman–Crippen LogP) is 2.96. The molecule has 3 unspecified atom stereocenters. The van der Waals surface area contributed by atoms with Gasteiger partial charge in [0.25, 0.3) is 5.91 Å². The molecule has 2 aliphatic rings. The van der Waals surface area contributed by atoms with E-state index in [4.69, 9.17) is 5.73 Å². The Hall–Kier alpha value is -1.45. The Morgan fingerprint density at radius 2 is 2.00 bits per heavy atom. The SMILES string of the molecule is CC1CCC(NC(=O)c2cc(N)cn2C2CC2)CC1C. The number of carbonyl (C=O) groups is 1. The summed E-state index contributed by atoms with van der Waals surface area (Å²) in [5.74, 6) is 1.50. The summed E-state index contributed by atoms with van der Waals surface area (Å²) in [6.07, 6.45) is 7.61. The lowest BCUT2D eigenvalue weighted by molar-refractivity contribution is 0.0901. The van der Waals surface area contributed by atoms with Crippen molar-refractivity contribution in [2.24, 2.45) is 11.8 Å². The second-order valence-electron chi connectivity index (χ2n) is 6.74. The van der Waals surface area contributed by atoms with Crippen molar-refractivity contribution in [3.8, 4) is 0 Å². The third-order valence-electron chi connectivity index (χ3n) is 4.98. The summed E-state index contributed by atoms with van der Waals surface area (Å²) in [5, 5.41) is 3.21.